The van der Waals surface area contributed by atoms with Gasteiger partial charge in [0.25, 0.3) is 0 Å². The average Bonchev–Trinajstić information content (AvgIpc) is 3.34. The number of aliphatic hydroxyl groups excluding tert-OH is 1. The van der Waals surface area contributed by atoms with Crippen LogP contribution in [0.1, 0.15) is 12.5 Å². The number of nitrogens with one attached hydrogen (secondary N) is 2. The molecule has 0 aliphatic carbocycles. The Labute approximate surface area is 215 Å². The molecule has 0 radical (unpaired) electrons. The Hall–Kier alpha value is -4.15. The Kier molecular flexibility index (Phi) is 7.20. The van der Waals surface area contributed by atoms with E-state index in [-0.39, 0.29) is 12.6 Å². The first-order chi connectivity index (χ1) is 18.1. The van der Waals surface area contributed by atoms with Crippen molar-refractivity contribution in [3.63, 3.8) is 0 Å². The third-order valence-electron chi connectivity index (χ3n) is 6.39. The smallest absolute Gasteiger partial charge is 0.166 e. The van der Waals surface area contributed by atoms with Crippen molar-refractivity contribution in [1.29, 1.82) is 5.41 Å². The minimum absolute atomic E-state index is 0.0586. The number of anilines is 1. The van der Waals surface area contributed by atoms with Crippen molar-refractivity contribution in [2.24, 2.45) is 0 Å². The molecular formula is C27H30N8O2. The first-order valence-corrected chi connectivity index (χ1v) is 12.3. The molecule has 1 atom stereocenters. The Balaban J connectivity index is 1.72. The van der Waals surface area contributed by atoms with Crippen molar-refractivity contribution in [3.8, 4) is 22.8 Å². The van der Waals surface area contributed by atoms with Gasteiger partial charge in [-0.3, -0.25) is 4.98 Å². The number of aryl methyl sites for hydroxylation is 1. The predicted molar refractivity (Wildman–Crippen MR) is 144 cm³/mol. The molecule has 0 spiro atoms. The molecule has 10 nitrogen and oxygen atoms in total. The molecule has 1 aliphatic heterocycles. The number of imidazole rings is 1. The van der Waals surface area contributed by atoms with Crippen LogP contribution in [0.15, 0.2) is 61.1 Å². The molecule has 1 fully saturated rings. The van der Waals surface area contributed by atoms with Gasteiger partial charge in [0.15, 0.2) is 22.8 Å². The molecule has 0 amide bonds. The van der Waals surface area contributed by atoms with Crippen LogP contribution in [0.4, 0.5) is 5.82 Å². The second kappa shape index (κ2) is 10.9. The van der Waals surface area contributed by atoms with Crippen molar-refractivity contribution >= 4 is 22.7 Å². The predicted octanol–water partition coefficient (Wildman–Crippen LogP) is 2.87. The fourth-order valence-electron chi connectivity index (χ4n) is 4.51. The van der Waals surface area contributed by atoms with Crippen LogP contribution in [0.2, 0.25) is 0 Å². The lowest BCUT2D eigenvalue weighted by molar-refractivity contribution is 0.0724. The lowest BCUT2D eigenvalue weighted by atomic mass is 10.1. The highest BCUT2D eigenvalue weighted by molar-refractivity contribution is 6.07. The lowest BCUT2D eigenvalue weighted by Gasteiger charge is -2.35. The van der Waals surface area contributed by atoms with Gasteiger partial charge < -0.3 is 30.0 Å². The Morgan fingerprint density at radius 1 is 1.19 bits per heavy atom. The number of hydrogen-bond donors (Lipinski definition) is 3. The van der Waals surface area contributed by atoms with E-state index in [1.54, 1.807) is 31.7 Å². The van der Waals surface area contributed by atoms with E-state index >= 15 is 0 Å². The maximum Gasteiger partial charge on any atom is 0.166 e. The zero-order chi connectivity index (χ0) is 25.8. The average molecular weight is 499 g/mol. The summed E-state index contributed by atoms with van der Waals surface area (Å²) >= 11 is 0. The van der Waals surface area contributed by atoms with Gasteiger partial charge in [0.05, 0.1) is 31.6 Å². The molecule has 10 heteroatoms. The van der Waals surface area contributed by atoms with Gasteiger partial charge in [-0.1, -0.05) is 18.2 Å². The SMILES string of the molecule is CCn1c(-c2ccncc2)nc2c(N3CCOCC3CO)nc(-c3cccc(C(=N)/C=C\NC)c3)nc21. The zero-order valence-electron chi connectivity index (χ0n) is 20.9. The molecule has 1 aliphatic rings. The molecule has 4 heterocycles. The minimum atomic E-state index is -0.234. The van der Waals surface area contributed by atoms with E-state index in [9.17, 15) is 5.11 Å². The summed E-state index contributed by atoms with van der Waals surface area (Å²) < 4.78 is 7.71. The Bertz CT molecular complexity index is 1430. The van der Waals surface area contributed by atoms with Gasteiger partial charge in [0.2, 0.25) is 0 Å². The quantitative estimate of drug-likeness (QED) is 0.317. The molecule has 37 heavy (non-hydrogen) atoms. The topological polar surface area (TPSA) is 125 Å². The van der Waals surface area contributed by atoms with Crippen molar-refractivity contribution in [1.82, 2.24) is 29.8 Å². The molecule has 190 valence electrons. The molecule has 3 N–H and O–H groups in total. The van der Waals surface area contributed by atoms with Gasteiger partial charge in [-0.2, -0.15) is 0 Å². The summed E-state index contributed by atoms with van der Waals surface area (Å²) in [7, 11) is 1.80. The molecule has 1 unspecified atom stereocenters. The van der Waals surface area contributed by atoms with Crippen LogP contribution in [0.5, 0.6) is 0 Å². The van der Waals surface area contributed by atoms with E-state index in [1.807, 2.05) is 36.4 Å². The number of nitrogens with zero attached hydrogens (tertiary/aromatic N) is 6. The van der Waals surface area contributed by atoms with Crippen molar-refractivity contribution in [2.45, 2.75) is 19.5 Å². The van der Waals surface area contributed by atoms with Gasteiger partial charge in [0.1, 0.15) is 5.82 Å². The summed E-state index contributed by atoms with van der Waals surface area (Å²) in [6.45, 7) is 4.20. The third kappa shape index (κ3) is 4.81. The fraction of sp³-hybridized carbons (Fsp3) is 0.296. The number of allylic oxidation sites excluding steroid dienone is 1. The molecular weight excluding hydrogens is 468 g/mol. The normalized spacial score (nSPS) is 16.0. The van der Waals surface area contributed by atoms with Crippen LogP contribution < -0.4 is 10.2 Å². The second-order valence-corrected chi connectivity index (χ2v) is 8.68. The highest BCUT2D eigenvalue weighted by Gasteiger charge is 2.29. The highest BCUT2D eigenvalue weighted by atomic mass is 16.5. The van der Waals surface area contributed by atoms with Gasteiger partial charge in [0, 0.05) is 49.2 Å². The number of ether oxygens (including phenoxy) is 1. The van der Waals surface area contributed by atoms with Crippen LogP contribution in [0, 0.1) is 5.41 Å². The van der Waals surface area contributed by atoms with E-state index in [0.29, 0.717) is 54.8 Å². The van der Waals surface area contributed by atoms with E-state index < -0.39 is 0 Å². The van der Waals surface area contributed by atoms with Crippen molar-refractivity contribution in [3.05, 3.63) is 66.6 Å². The summed E-state index contributed by atoms with van der Waals surface area (Å²) in [6, 6.07) is 11.3. The zero-order valence-corrected chi connectivity index (χ0v) is 20.9. The third-order valence-corrected chi connectivity index (χ3v) is 6.39. The van der Waals surface area contributed by atoms with Gasteiger partial charge in [-0.05, 0) is 37.4 Å². The van der Waals surface area contributed by atoms with Crippen LogP contribution in [-0.2, 0) is 11.3 Å². The molecule has 3 aromatic heterocycles. The standard InChI is InChI=1S/C27H30N8O2/c1-3-34-25(18-7-11-30-12-8-18)31-23-26(34)32-24(33-27(23)35-13-14-37-17-21(35)16-36)20-6-4-5-19(15-20)22(28)9-10-29-2/h4-12,15,21,28-29,36H,3,13-14,16-17H2,1-2H3/b10-9-,28-22?. The number of benzene rings is 1. The Morgan fingerprint density at radius 2 is 2.03 bits per heavy atom. The molecule has 4 aromatic rings. The fourth-order valence-corrected chi connectivity index (χ4v) is 4.51. The lowest BCUT2D eigenvalue weighted by Crippen LogP contribution is -2.48. The first kappa shape index (κ1) is 24.5. The number of hydrogen-bond acceptors (Lipinski definition) is 9. The summed E-state index contributed by atoms with van der Waals surface area (Å²) in [5.74, 6) is 1.99. The molecule has 1 saturated heterocycles. The Morgan fingerprint density at radius 3 is 2.78 bits per heavy atom. The van der Waals surface area contributed by atoms with E-state index in [4.69, 9.17) is 25.1 Å². The van der Waals surface area contributed by atoms with Crippen molar-refractivity contribution in [2.75, 3.05) is 38.3 Å². The molecule has 0 saturated carbocycles. The van der Waals surface area contributed by atoms with Crippen LogP contribution in [0.3, 0.4) is 0 Å². The number of pyridine rings is 1. The van der Waals surface area contributed by atoms with Gasteiger partial charge >= 0.3 is 0 Å². The number of aliphatic hydroxyl groups is 1. The van der Waals surface area contributed by atoms with Crippen molar-refractivity contribution < 1.29 is 9.84 Å². The summed E-state index contributed by atoms with van der Waals surface area (Å²) in [4.78, 5) is 21.2. The highest BCUT2D eigenvalue weighted by Crippen LogP contribution is 2.33. The van der Waals surface area contributed by atoms with Gasteiger partial charge in [-0.25, -0.2) is 15.0 Å². The largest absolute Gasteiger partial charge is 0.394 e. The van der Waals surface area contributed by atoms with Crippen LogP contribution >= 0.6 is 0 Å². The van der Waals surface area contributed by atoms with E-state index in [1.165, 1.54) is 0 Å². The second-order valence-electron chi connectivity index (χ2n) is 8.68. The van der Waals surface area contributed by atoms with Gasteiger partial charge in [-0.15, -0.1) is 0 Å². The molecule has 5 rings (SSSR count). The summed E-state index contributed by atoms with van der Waals surface area (Å²) in [5.41, 5.74) is 4.27. The number of fused-ring (bicyclic) bond motifs is 1. The monoisotopic (exact) mass is 498 g/mol. The maximum absolute atomic E-state index is 10.1. The summed E-state index contributed by atoms with van der Waals surface area (Å²) in [6.07, 6.45) is 6.93. The minimum Gasteiger partial charge on any atom is -0.394 e. The van der Waals surface area contributed by atoms with E-state index in [2.05, 4.69) is 26.7 Å². The maximum atomic E-state index is 10.1. The van der Waals surface area contributed by atoms with Crippen LogP contribution in [0.25, 0.3) is 33.9 Å². The number of rotatable bonds is 8. The first-order valence-electron chi connectivity index (χ1n) is 12.3. The number of aromatic nitrogens is 5. The van der Waals surface area contributed by atoms with E-state index in [0.717, 1.165) is 22.5 Å². The van der Waals surface area contributed by atoms with Crippen LogP contribution in [-0.4, -0.2) is 74.8 Å². The number of morpholine rings is 1. The summed E-state index contributed by atoms with van der Waals surface area (Å²) in [5, 5.41) is 21.4. The molecule has 1 aromatic carbocycles. The molecule has 0 bridgehead atoms.